The van der Waals surface area contributed by atoms with Crippen LogP contribution in [-0.2, 0) is 27.6 Å². The molecule has 25 heavy (non-hydrogen) atoms. The molecule has 0 bridgehead atoms. The fourth-order valence-electron chi connectivity index (χ4n) is 2.98. The highest BCUT2D eigenvalue weighted by Crippen LogP contribution is 2.27. The van der Waals surface area contributed by atoms with Crippen molar-refractivity contribution in [3.8, 4) is 0 Å². The van der Waals surface area contributed by atoms with Crippen LogP contribution in [0.3, 0.4) is 0 Å². The Labute approximate surface area is 146 Å². The Kier molecular flexibility index (Phi) is 4.89. The molecule has 2 heterocycles. The van der Waals surface area contributed by atoms with Gasteiger partial charge in [0.05, 0.1) is 30.2 Å². The first-order chi connectivity index (χ1) is 11.9. The lowest BCUT2D eigenvalue weighted by molar-refractivity contribution is -0.132. The Balaban J connectivity index is 1.83. The largest absolute Gasteiger partial charge is 0.333 e. The molecule has 1 amide bonds. The van der Waals surface area contributed by atoms with Crippen LogP contribution in [0.4, 0.5) is 4.39 Å². The molecule has 8 heteroatoms. The summed E-state index contributed by atoms with van der Waals surface area (Å²) in [6, 6.07) is 5.22. The molecule has 2 aromatic rings. The lowest BCUT2D eigenvalue weighted by Crippen LogP contribution is -2.46. The molecular formula is C17H20FN3O3S. The molecule has 0 radical (unpaired) electrons. The normalized spacial score (nSPS) is 19.8. The first kappa shape index (κ1) is 17.6. The van der Waals surface area contributed by atoms with Gasteiger partial charge in [-0.1, -0.05) is 12.1 Å². The summed E-state index contributed by atoms with van der Waals surface area (Å²) < 4.78 is 38.9. The van der Waals surface area contributed by atoms with E-state index in [4.69, 9.17) is 0 Å². The molecule has 0 aliphatic carbocycles. The average Bonchev–Trinajstić information content (AvgIpc) is 3.05. The number of rotatable bonds is 4. The van der Waals surface area contributed by atoms with E-state index in [2.05, 4.69) is 5.10 Å². The van der Waals surface area contributed by atoms with Crippen molar-refractivity contribution in [1.29, 1.82) is 0 Å². The van der Waals surface area contributed by atoms with Gasteiger partial charge in [0.1, 0.15) is 5.82 Å². The standard InChI is InChI=1S/C17H20FN3O3S/c1-2-20-11-14(10-19-20)16-12-25(23,24)8-7-21(16)17(22)9-13-3-5-15(18)6-4-13/h3-6,10-11,16H,2,7-9,12H2,1H3. The zero-order chi connectivity index (χ0) is 18.0. The Morgan fingerprint density at radius 1 is 1.32 bits per heavy atom. The molecule has 3 rings (SSSR count). The van der Waals surface area contributed by atoms with Crippen LogP contribution < -0.4 is 0 Å². The number of benzene rings is 1. The Morgan fingerprint density at radius 3 is 2.68 bits per heavy atom. The van der Waals surface area contributed by atoms with E-state index in [0.29, 0.717) is 12.1 Å². The predicted molar refractivity (Wildman–Crippen MR) is 91.1 cm³/mol. The summed E-state index contributed by atoms with van der Waals surface area (Å²) in [6.07, 6.45) is 3.51. The molecule has 1 aliphatic rings. The minimum absolute atomic E-state index is 0.0411. The van der Waals surface area contributed by atoms with Crippen LogP contribution >= 0.6 is 0 Å². The van der Waals surface area contributed by atoms with Crippen molar-refractivity contribution in [2.75, 3.05) is 18.1 Å². The Bertz CT molecular complexity index is 862. The number of carbonyl (C=O) groups excluding carboxylic acids is 1. The molecule has 1 aromatic carbocycles. The topological polar surface area (TPSA) is 72.3 Å². The van der Waals surface area contributed by atoms with Crippen molar-refractivity contribution in [2.24, 2.45) is 0 Å². The summed E-state index contributed by atoms with van der Waals surface area (Å²) in [5.74, 6) is -0.668. The van der Waals surface area contributed by atoms with Crippen LogP contribution in [0.1, 0.15) is 24.1 Å². The summed E-state index contributed by atoms with van der Waals surface area (Å²) >= 11 is 0. The van der Waals surface area contributed by atoms with Crippen LogP contribution in [0.15, 0.2) is 36.7 Å². The van der Waals surface area contributed by atoms with Gasteiger partial charge in [0.25, 0.3) is 0 Å². The summed E-state index contributed by atoms with van der Waals surface area (Å²) in [6.45, 7) is 2.76. The molecule has 6 nitrogen and oxygen atoms in total. The van der Waals surface area contributed by atoms with Gasteiger partial charge in [0.2, 0.25) is 5.91 Å². The molecule has 1 aliphatic heterocycles. The molecule has 1 saturated heterocycles. The number of aromatic nitrogens is 2. The van der Waals surface area contributed by atoms with E-state index >= 15 is 0 Å². The van der Waals surface area contributed by atoms with Gasteiger partial charge >= 0.3 is 0 Å². The zero-order valence-electron chi connectivity index (χ0n) is 13.9. The molecule has 0 spiro atoms. The molecule has 0 N–H and O–H groups in total. The van der Waals surface area contributed by atoms with Crippen LogP contribution in [0.5, 0.6) is 0 Å². The number of nitrogens with zero attached hydrogens (tertiary/aromatic N) is 3. The Morgan fingerprint density at radius 2 is 2.04 bits per heavy atom. The molecule has 1 aromatic heterocycles. The van der Waals surface area contributed by atoms with Crippen molar-refractivity contribution >= 4 is 15.7 Å². The fraction of sp³-hybridized carbons (Fsp3) is 0.412. The van der Waals surface area contributed by atoms with Gasteiger partial charge in [-0.2, -0.15) is 5.10 Å². The number of hydrogen-bond donors (Lipinski definition) is 0. The SMILES string of the molecule is CCn1cc(C2CS(=O)(=O)CCN2C(=O)Cc2ccc(F)cc2)cn1. The quantitative estimate of drug-likeness (QED) is 0.825. The van der Waals surface area contributed by atoms with Crippen molar-refractivity contribution < 1.29 is 17.6 Å². The second kappa shape index (κ2) is 6.95. The van der Waals surface area contributed by atoms with E-state index < -0.39 is 15.9 Å². The van der Waals surface area contributed by atoms with E-state index in [1.807, 2.05) is 6.92 Å². The highest BCUT2D eigenvalue weighted by molar-refractivity contribution is 7.91. The van der Waals surface area contributed by atoms with E-state index in [0.717, 1.165) is 5.56 Å². The van der Waals surface area contributed by atoms with Gasteiger partial charge < -0.3 is 4.90 Å². The number of carbonyl (C=O) groups is 1. The van der Waals surface area contributed by atoms with E-state index in [-0.39, 0.29) is 36.2 Å². The van der Waals surface area contributed by atoms with Crippen LogP contribution in [-0.4, -0.2) is 47.1 Å². The third-order valence-electron chi connectivity index (χ3n) is 4.38. The van der Waals surface area contributed by atoms with Gasteiger partial charge in [-0.05, 0) is 24.6 Å². The van der Waals surface area contributed by atoms with Gasteiger partial charge in [0, 0.05) is 24.8 Å². The molecule has 134 valence electrons. The lowest BCUT2D eigenvalue weighted by Gasteiger charge is -2.35. The highest BCUT2D eigenvalue weighted by Gasteiger charge is 2.35. The molecule has 1 unspecified atom stereocenters. The van der Waals surface area contributed by atoms with Crippen LogP contribution in [0, 0.1) is 5.82 Å². The highest BCUT2D eigenvalue weighted by atomic mass is 32.2. The number of aryl methyl sites for hydroxylation is 1. The molecule has 1 fully saturated rings. The van der Waals surface area contributed by atoms with Crippen molar-refractivity contribution in [1.82, 2.24) is 14.7 Å². The van der Waals surface area contributed by atoms with Gasteiger partial charge in [-0.25, -0.2) is 12.8 Å². The minimum atomic E-state index is -3.20. The minimum Gasteiger partial charge on any atom is -0.333 e. The van der Waals surface area contributed by atoms with E-state index in [1.165, 1.54) is 12.1 Å². The van der Waals surface area contributed by atoms with E-state index in [1.54, 1.807) is 34.1 Å². The van der Waals surface area contributed by atoms with Gasteiger partial charge in [-0.3, -0.25) is 9.48 Å². The number of halogens is 1. The number of hydrogen-bond acceptors (Lipinski definition) is 4. The number of amides is 1. The third kappa shape index (κ3) is 4.07. The summed E-state index contributed by atoms with van der Waals surface area (Å²) in [5.41, 5.74) is 1.42. The second-order valence-corrected chi connectivity index (χ2v) is 8.38. The molecule has 1 atom stereocenters. The maximum Gasteiger partial charge on any atom is 0.227 e. The third-order valence-corrected chi connectivity index (χ3v) is 6.01. The summed E-state index contributed by atoms with van der Waals surface area (Å²) in [4.78, 5) is 14.3. The maximum absolute atomic E-state index is 13.0. The summed E-state index contributed by atoms with van der Waals surface area (Å²) in [5, 5.41) is 4.19. The molecule has 0 saturated carbocycles. The van der Waals surface area contributed by atoms with Crippen molar-refractivity contribution in [3.05, 3.63) is 53.6 Å². The first-order valence-corrected chi connectivity index (χ1v) is 9.97. The smallest absolute Gasteiger partial charge is 0.227 e. The van der Waals surface area contributed by atoms with Crippen molar-refractivity contribution in [3.63, 3.8) is 0 Å². The summed E-state index contributed by atoms with van der Waals surface area (Å²) in [7, 11) is -3.20. The van der Waals surface area contributed by atoms with Gasteiger partial charge in [0.15, 0.2) is 9.84 Å². The van der Waals surface area contributed by atoms with Crippen LogP contribution in [0.25, 0.3) is 0 Å². The number of sulfone groups is 1. The Hall–Kier alpha value is -2.22. The zero-order valence-corrected chi connectivity index (χ0v) is 14.7. The monoisotopic (exact) mass is 365 g/mol. The van der Waals surface area contributed by atoms with E-state index in [9.17, 15) is 17.6 Å². The maximum atomic E-state index is 13.0. The van der Waals surface area contributed by atoms with Crippen LogP contribution in [0.2, 0.25) is 0 Å². The fourth-order valence-corrected chi connectivity index (χ4v) is 4.48. The first-order valence-electron chi connectivity index (χ1n) is 8.14. The predicted octanol–water partition coefficient (Wildman–Crippen LogP) is 1.58. The second-order valence-electron chi connectivity index (χ2n) is 6.15. The lowest BCUT2D eigenvalue weighted by atomic mass is 10.1. The molecular weight excluding hydrogens is 345 g/mol. The van der Waals surface area contributed by atoms with Gasteiger partial charge in [-0.15, -0.1) is 0 Å². The van der Waals surface area contributed by atoms with Crippen molar-refractivity contribution in [2.45, 2.75) is 25.9 Å². The average molecular weight is 365 g/mol.